The van der Waals surface area contributed by atoms with Crippen molar-refractivity contribution in [3.05, 3.63) is 29.3 Å². The molecule has 0 aliphatic heterocycles. The molecule has 1 amide bonds. The third-order valence-electron chi connectivity index (χ3n) is 2.66. The number of amides is 1. The standard InChI is InChI=1S/C13H18N2O2S/c1-4-10(12(14)18)15-13(16)9-7-8(2)5-6-11(9)17-3/h5-7,10H,4H2,1-3H3,(H2,14,18)(H,15,16). The molecule has 1 rings (SSSR count). The molecule has 1 aromatic rings. The van der Waals surface area contributed by atoms with E-state index in [-0.39, 0.29) is 16.9 Å². The molecule has 98 valence electrons. The fraction of sp³-hybridized carbons (Fsp3) is 0.385. The molecule has 0 saturated carbocycles. The molecule has 1 aromatic carbocycles. The van der Waals surface area contributed by atoms with Crippen molar-refractivity contribution < 1.29 is 9.53 Å². The van der Waals surface area contributed by atoms with Crippen molar-refractivity contribution in [1.29, 1.82) is 0 Å². The Hall–Kier alpha value is -1.62. The van der Waals surface area contributed by atoms with Gasteiger partial charge in [0.25, 0.3) is 5.91 Å². The Bertz CT molecular complexity index is 460. The quantitative estimate of drug-likeness (QED) is 0.798. The van der Waals surface area contributed by atoms with E-state index in [2.05, 4.69) is 5.32 Å². The highest BCUT2D eigenvalue weighted by Crippen LogP contribution is 2.19. The van der Waals surface area contributed by atoms with Crippen LogP contribution < -0.4 is 15.8 Å². The van der Waals surface area contributed by atoms with E-state index in [0.717, 1.165) is 5.56 Å². The Kier molecular flexibility index (Phi) is 5.09. The van der Waals surface area contributed by atoms with Crippen LogP contribution in [0.3, 0.4) is 0 Å². The van der Waals surface area contributed by atoms with Crippen LogP contribution in [0.5, 0.6) is 5.75 Å². The van der Waals surface area contributed by atoms with E-state index in [0.29, 0.717) is 17.7 Å². The van der Waals surface area contributed by atoms with E-state index in [4.69, 9.17) is 22.7 Å². The molecular weight excluding hydrogens is 248 g/mol. The molecule has 0 aromatic heterocycles. The molecule has 0 aliphatic carbocycles. The van der Waals surface area contributed by atoms with Crippen LogP contribution in [0, 0.1) is 6.92 Å². The molecular formula is C13H18N2O2S. The largest absolute Gasteiger partial charge is 0.496 e. The van der Waals surface area contributed by atoms with Crippen LogP contribution in [-0.2, 0) is 0 Å². The third-order valence-corrected chi connectivity index (χ3v) is 2.94. The van der Waals surface area contributed by atoms with Crippen molar-refractivity contribution in [3.63, 3.8) is 0 Å². The summed E-state index contributed by atoms with van der Waals surface area (Å²) in [5, 5.41) is 2.80. The lowest BCUT2D eigenvalue weighted by molar-refractivity contribution is 0.0943. The summed E-state index contributed by atoms with van der Waals surface area (Å²) in [6.45, 7) is 3.83. The summed E-state index contributed by atoms with van der Waals surface area (Å²) in [7, 11) is 1.53. The Morgan fingerprint density at radius 1 is 1.56 bits per heavy atom. The molecule has 0 bridgehead atoms. The first-order chi connectivity index (χ1) is 8.49. The van der Waals surface area contributed by atoms with Crippen LogP contribution in [-0.4, -0.2) is 24.0 Å². The van der Waals surface area contributed by atoms with Crippen LogP contribution in [0.2, 0.25) is 0 Å². The number of carbonyl (C=O) groups is 1. The minimum atomic E-state index is -0.294. The first-order valence-corrected chi connectivity index (χ1v) is 6.15. The molecule has 0 spiro atoms. The predicted molar refractivity (Wildman–Crippen MR) is 76.1 cm³/mol. The number of hydrogen-bond acceptors (Lipinski definition) is 3. The number of aryl methyl sites for hydroxylation is 1. The monoisotopic (exact) mass is 266 g/mol. The van der Waals surface area contributed by atoms with Crippen molar-refractivity contribution in [1.82, 2.24) is 5.32 Å². The number of ether oxygens (including phenoxy) is 1. The predicted octanol–water partition coefficient (Wildman–Crippen LogP) is 1.80. The van der Waals surface area contributed by atoms with Crippen LogP contribution in [0.4, 0.5) is 0 Å². The lowest BCUT2D eigenvalue weighted by Crippen LogP contribution is -2.43. The maximum Gasteiger partial charge on any atom is 0.255 e. The SMILES string of the molecule is CCC(NC(=O)c1cc(C)ccc1OC)C(N)=S. The summed E-state index contributed by atoms with van der Waals surface area (Å²) in [6.07, 6.45) is 0.662. The van der Waals surface area contributed by atoms with Gasteiger partial charge in [0.1, 0.15) is 5.75 Å². The zero-order chi connectivity index (χ0) is 13.7. The lowest BCUT2D eigenvalue weighted by Gasteiger charge is -2.16. The molecule has 0 radical (unpaired) electrons. The number of nitrogens with two attached hydrogens (primary N) is 1. The molecule has 0 heterocycles. The maximum absolute atomic E-state index is 12.1. The van der Waals surface area contributed by atoms with Gasteiger partial charge in [0.2, 0.25) is 0 Å². The van der Waals surface area contributed by atoms with Crippen molar-refractivity contribution in [2.75, 3.05) is 7.11 Å². The first kappa shape index (κ1) is 14.4. The van der Waals surface area contributed by atoms with Gasteiger partial charge >= 0.3 is 0 Å². The van der Waals surface area contributed by atoms with Gasteiger partial charge in [-0.2, -0.15) is 0 Å². The summed E-state index contributed by atoms with van der Waals surface area (Å²) in [4.78, 5) is 12.4. The number of methoxy groups -OCH3 is 1. The van der Waals surface area contributed by atoms with Gasteiger partial charge in [0.15, 0.2) is 0 Å². The van der Waals surface area contributed by atoms with Gasteiger partial charge in [0.05, 0.1) is 23.7 Å². The highest BCUT2D eigenvalue weighted by molar-refractivity contribution is 7.80. The molecule has 0 saturated heterocycles. The van der Waals surface area contributed by atoms with E-state index >= 15 is 0 Å². The van der Waals surface area contributed by atoms with E-state index < -0.39 is 0 Å². The molecule has 1 unspecified atom stereocenters. The second-order valence-corrected chi connectivity index (χ2v) is 4.51. The van der Waals surface area contributed by atoms with E-state index in [1.54, 1.807) is 12.1 Å². The number of carbonyl (C=O) groups excluding carboxylic acids is 1. The Morgan fingerprint density at radius 3 is 2.72 bits per heavy atom. The van der Waals surface area contributed by atoms with Crippen LogP contribution in [0.15, 0.2) is 18.2 Å². The summed E-state index contributed by atoms with van der Waals surface area (Å²) < 4.78 is 5.17. The molecule has 5 heteroatoms. The van der Waals surface area contributed by atoms with E-state index in [1.165, 1.54) is 7.11 Å². The van der Waals surface area contributed by atoms with E-state index in [9.17, 15) is 4.79 Å². The number of hydrogen-bond donors (Lipinski definition) is 2. The topological polar surface area (TPSA) is 64.3 Å². The Balaban J connectivity index is 2.96. The zero-order valence-corrected chi connectivity index (χ0v) is 11.6. The summed E-state index contributed by atoms with van der Waals surface area (Å²) in [6, 6.07) is 5.14. The number of nitrogens with one attached hydrogen (secondary N) is 1. The summed E-state index contributed by atoms with van der Waals surface area (Å²) in [5.74, 6) is 0.311. The second-order valence-electron chi connectivity index (χ2n) is 4.04. The van der Waals surface area contributed by atoms with E-state index in [1.807, 2.05) is 19.9 Å². The minimum Gasteiger partial charge on any atom is -0.496 e. The van der Waals surface area contributed by atoms with Gasteiger partial charge in [0, 0.05) is 0 Å². The van der Waals surface area contributed by atoms with Gasteiger partial charge in [-0.05, 0) is 25.5 Å². The molecule has 0 fully saturated rings. The second kappa shape index (κ2) is 6.35. The lowest BCUT2D eigenvalue weighted by atomic mass is 10.1. The fourth-order valence-corrected chi connectivity index (χ4v) is 1.84. The molecule has 0 aliphatic rings. The molecule has 1 atom stereocenters. The van der Waals surface area contributed by atoms with Crippen LogP contribution in [0.1, 0.15) is 29.3 Å². The van der Waals surface area contributed by atoms with Crippen LogP contribution >= 0.6 is 12.2 Å². The zero-order valence-electron chi connectivity index (χ0n) is 10.8. The maximum atomic E-state index is 12.1. The van der Waals surface area contributed by atoms with Gasteiger partial charge < -0.3 is 15.8 Å². The Morgan fingerprint density at radius 2 is 2.22 bits per heavy atom. The van der Waals surface area contributed by atoms with Gasteiger partial charge in [-0.1, -0.05) is 30.8 Å². The number of benzene rings is 1. The smallest absolute Gasteiger partial charge is 0.255 e. The average Bonchev–Trinajstić information content (AvgIpc) is 2.35. The third kappa shape index (κ3) is 3.43. The number of thiocarbonyl (C=S) groups is 1. The first-order valence-electron chi connectivity index (χ1n) is 5.74. The molecule has 3 N–H and O–H groups in total. The van der Waals surface area contributed by atoms with Crippen molar-refractivity contribution in [2.45, 2.75) is 26.3 Å². The van der Waals surface area contributed by atoms with Gasteiger partial charge in [-0.15, -0.1) is 0 Å². The Labute approximate surface area is 113 Å². The highest BCUT2D eigenvalue weighted by Gasteiger charge is 2.17. The van der Waals surface area contributed by atoms with Crippen molar-refractivity contribution in [3.8, 4) is 5.75 Å². The average molecular weight is 266 g/mol. The van der Waals surface area contributed by atoms with Crippen molar-refractivity contribution in [2.24, 2.45) is 5.73 Å². The highest BCUT2D eigenvalue weighted by atomic mass is 32.1. The molecule has 4 nitrogen and oxygen atoms in total. The number of rotatable bonds is 5. The van der Waals surface area contributed by atoms with Gasteiger partial charge in [-0.25, -0.2) is 0 Å². The van der Waals surface area contributed by atoms with Gasteiger partial charge in [-0.3, -0.25) is 4.79 Å². The summed E-state index contributed by atoms with van der Waals surface area (Å²) >= 11 is 4.90. The van der Waals surface area contributed by atoms with Crippen molar-refractivity contribution >= 4 is 23.1 Å². The normalized spacial score (nSPS) is 11.7. The fourth-order valence-electron chi connectivity index (χ4n) is 1.61. The minimum absolute atomic E-state index is 0.227. The van der Waals surface area contributed by atoms with Crippen LogP contribution in [0.25, 0.3) is 0 Å². The molecule has 18 heavy (non-hydrogen) atoms. The summed E-state index contributed by atoms with van der Waals surface area (Å²) in [5.41, 5.74) is 7.04.